The van der Waals surface area contributed by atoms with Crippen molar-refractivity contribution in [3.63, 3.8) is 0 Å². The summed E-state index contributed by atoms with van der Waals surface area (Å²) in [6, 6.07) is 0. The minimum Gasteiger partial charge on any atom is -0.393 e. The van der Waals surface area contributed by atoms with Gasteiger partial charge in [0.2, 0.25) is 0 Å². The Morgan fingerprint density at radius 3 is 1.17 bits per heavy atom. The molecule has 0 saturated heterocycles. The van der Waals surface area contributed by atoms with Crippen LogP contribution < -0.4 is 11.5 Å². The van der Waals surface area contributed by atoms with E-state index in [0.29, 0.717) is 0 Å². The third kappa shape index (κ3) is 11.6. The fraction of sp³-hybridized carbons (Fsp3) is 1.00. The molecule has 0 aromatic carbocycles. The molecule has 36 heavy (non-hydrogen) atoms. The first kappa shape index (κ1) is 31.9. The lowest BCUT2D eigenvalue weighted by Crippen LogP contribution is -2.45. The van der Waals surface area contributed by atoms with Crippen molar-refractivity contribution in [3.05, 3.63) is 0 Å². The molecular formula is C29H59N3O4. The van der Waals surface area contributed by atoms with Crippen LogP contribution in [0.1, 0.15) is 103 Å². The van der Waals surface area contributed by atoms with Gasteiger partial charge in [0.25, 0.3) is 0 Å². The Hall–Kier alpha value is -0.280. The number of hydrogen-bond donors (Lipinski definition) is 6. The lowest BCUT2D eigenvalue weighted by atomic mass is 9.74. The lowest BCUT2D eigenvalue weighted by molar-refractivity contribution is -0.0615. The molecule has 2 aliphatic carbocycles. The molecule has 0 aliphatic heterocycles. The molecule has 0 aromatic rings. The van der Waals surface area contributed by atoms with E-state index >= 15 is 0 Å². The van der Waals surface area contributed by atoms with Crippen LogP contribution >= 0.6 is 0 Å². The number of aliphatic hydroxyl groups is 4. The highest BCUT2D eigenvalue weighted by molar-refractivity contribution is 4.89. The smallest absolute Gasteiger partial charge is 0.0596 e. The van der Waals surface area contributed by atoms with Gasteiger partial charge in [0.15, 0.2) is 0 Å². The Morgan fingerprint density at radius 1 is 0.528 bits per heavy atom. The zero-order valence-corrected chi connectivity index (χ0v) is 23.2. The van der Waals surface area contributed by atoms with Gasteiger partial charge in [0, 0.05) is 24.9 Å². The van der Waals surface area contributed by atoms with E-state index in [9.17, 15) is 20.4 Å². The summed E-state index contributed by atoms with van der Waals surface area (Å²) in [6.45, 7) is 3.20. The van der Waals surface area contributed by atoms with Crippen LogP contribution in [-0.4, -0.2) is 83.0 Å². The predicted octanol–water partition coefficient (Wildman–Crippen LogP) is 3.01. The van der Waals surface area contributed by atoms with Crippen molar-refractivity contribution >= 4 is 0 Å². The third-order valence-electron chi connectivity index (χ3n) is 8.90. The normalized spacial score (nSPS) is 33.3. The second kappa shape index (κ2) is 18.1. The van der Waals surface area contributed by atoms with Crippen molar-refractivity contribution in [2.24, 2.45) is 35.1 Å². The molecule has 5 unspecified atom stereocenters. The van der Waals surface area contributed by atoms with Gasteiger partial charge in [-0.25, -0.2) is 0 Å². The molecule has 0 amide bonds. The molecule has 214 valence electrons. The van der Waals surface area contributed by atoms with E-state index in [1.807, 2.05) is 0 Å². The summed E-state index contributed by atoms with van der Waals surface area (Å²) in [7, 11) is 2.10. The standard InChI is InChI=1S/C29H59N3O4/c1-32(20-22-16-26(33)24(27(34)17-22)12-8-4-2-6-10-14-30)21-23-18-28(35)25(29(36)19-23)13-9-5-3-7-11-15-31/h22-29,33-36H,2-21,30-31H2,1H3/t22?,23?,24?,25?,26-,27?,28?,29?/m0/s1. The molecule has 0 aromatic heterocycles. The van der Waals surface area contributed by atoms with E-state index in [4.69, 9.17) is 11.5 Å². The summed E-state index contributed by atoms with van der Waals surface area (Å²) in [4.78, 5) is 2.28. The van der Waals surface area contributed by atoms with Crippen molar-refractivity contribution in [2.45, 2.75) is 127 Å². The average Bonchev–Trinajstić information content (AvgIpc) is 2.81. The highest BCUT2D eigenvalue weighted by Crippen LogP contribution is 2.35. The molecule has 2 rings (SSSR count). The first-order valence-electron chi connectivity index (χ1n) is 15.2. The van der Waals surface area contributed by atoms with Gasteiger partial charge in [0.05, 0.1) is 24.4 Å². The monoisotopic (exact) mass is 513 g/mol. The Balaban J connectivity index is 1.66. The second-order valence-electron chi connectivity index (χ2n) is 12.2. The fourth-order valence-electron chi connectivity index (χ4n) is 6.90. The summed E-state index contributed by atoms with van der Waals surface area (Å²) >= 11 is 0. The molecule has 0 bridgehead atoms. The molecular weight excluding hydrogens is 454 g/mol. The van der Waals surface area contributed by atoms with Gasteiger partial charge in [-0.15, -0.1) is 0 Å². The van der Waals surface area contributed by atoms with Crippen LogP contribution in [0.15, 0.2) is 0 Å². The Kier molecular flexibility index (Phi) is 16.0. The number of aliphatic hydroxyl groups excluding tert-OH is 4. The topological polar surface area (TPSA) is 136 Å². The van der Waals surface area contributed by atoms with Crippen LogP contribution in [0.2, 0.25) is 0 Å². The summed E-state index contributed by atoms with van der Waals surface area (Å²) in [5.74, 6) is 0.571. The summed E-state index contributed by atoms with van der Waals surface area (Å²) < 4.78 is 0. The fourth-order valence-corrected chi connectivity index (χ4v) is 6.90. The molecule has 8 N–H and O–H groups in total. The Labute approximate surface area is 221 Å². The minimum atomic E-state index is -0.425. The summed E-state index contributed by atoms with van der Waals surface area (Å²) in [6.07, 6.45) is 14.4. The van der Waals surface area contributed by atoms with Crippen molar-refractivity contribution in [2.75, 3.05) is 33.2 Å². The quantitative estimate of drug-likeness (QED) is 0.155. The van der Waals surface area contributed by atoms with Crippen molar-refractivity contribution in [3.8, 4) is 0 Å². The van der Waals surface area contributed by atoms with Crippen LogP contribution in [0.3, 0.4) is 0 Å². The Bertz CT molecular complexity index is 485. The number of unbranched alkanes of at least 4 members (excludes halogenated alkanes) is 8. The van der Waals surface area contributed by atoms with E-state index in [1.165, 1.54) is 25.7 Å². The maximum atomic E-state index is 10.7. The SMILES string of the molecule is CN(CC1CC(O)C(CCCCCCCN)C(O)C1)CC1CC(O)C(CCCCCCCN)[C@@H](O)C1. The minimum absolute atomic E-state index is 0.00213. The maximum absolute atomic E-state index is 10.7. The first-order valence-corrected chi connectivity index (χ1v) is 15.2. The zero-order chi connectivity index (χ0) is 26.3. The van der Waals surface area contributed by atoms with Gasteiger partial charge in [-0.3, -0.25) is 0 Å². The zero-order valence-electron chi connectivity index (χ0n) is 23.2. The van der Waals surface area contributed by atoms with E-state index < -0.39 is 24.4 Å². The first-order chi connectivity index (χ1) is 17.3. The van der Waals surface area contributed by atoms with E-state index in [1.54, 1.807) is 0 Å². The molecule has 2 fully saturated rings. The molecule has 6 atom stereocenters. The van der Waals surface area contributed by atoms with E-state index in [0.717, 1.165) is 103 Å². The van der Waals surface area contributed by atoms with Crippen molar-refractivity contribution in [1.29, 1.82) is 0 Å². The average molecular weight is 514 g/mol. The van der Waals surface area contributed by atoms with Crippen LogP contribution in [0, 0.1) is 23.7 Å². The molecule has 0 radical (unpaired) electrons. The van der Waals surface area contributed by atoms with Crippen LogP contribution in [0.25, 0.3) is 0 Å². The number of nitrogens with zero attached hydrogens (tertiary/aromatic N) is 1. The molecule has 0 spiro atoms. The highest BCUT2D eigenvalue weighted by Gasteiger charge is 2.38. The predicted molar refractivity (Wildman–Crippen MR) is 147 cm³/mol. The van der Waals surface area contributed by atoms with Gasteiger partial charge in [-0.2, -0.15) is 0 Å². The number of rotatable bonds is 18. The van der Waals surface area contributed by atoms with Crippen molar-refractivity contribution in [1.82, 2.24) is 4.90 Å². The Morgan fingerprint density at radius 2 is 0.833 bits per heavy atom. The van der Waals surface area contributed by atoms with Gasteiger partial charge in [-0.1, -0.05) is 51.4 Å². The largest absolute Gasteiger partial charge is 0.393 e. The summed E-state index contributed by atoms with van der Waals surface area (Å²) in [5, 5.41) is 43.0. The number of nitrogens with two attached hydrogens (primary N) is 2. The molecule has 2 saturated carbocycles. The third-order valence-corrected chi connectivity index (χ3v) is 8.90. The van der Waals surface area contributed by atoms with Gasteiger partial charge >= 0.3 is 0 Å². The molecule has 7 heteroatoms. The van der Waals surface area contributed by atoms with Gasteiger partial charge < -0.3 is 36.8 Å². The van der Waals surface area contributed by atoms with Gasteiger partial charge in [0.1, 0.15) is 0 Å². The van der Waals surface area contributed by atoms with Gasteiger partial charge in [-0.05, 0) is 83.3 Å². The lowest BCUT2D eigenvalue weighted by Gasteiger charge is -2.41. The second-order valence-corrected chi connectivity index (χ2v) is 12.2. The molecule has 0 heterocycles. The van der Waals surface area contributed by atoms with Crippen molar-refractivity contribution < 1.29 is 20.4 Å². The van der Waals surface area contributed by atoms with Crippen LogP contribution in [0.5, 0.6) is 0 Å². The van der Waals surface area contributed by atoms with E-state index in [-0.39, 0.29) is 23.7 Å². The maximum Gasteiger partial charge on any atom is 0.0596 e. The van der Waals surface area contributed by atoms with Crippen LogP contribution in [-0.2, 0) is 0 Å². The van der Waals surface area contributed by atoms with E-state index in [2.05, 4.69) is 11.9 Å². The molecule has 7 nitrogen and oxygen atoms in total. The number of hydrogen-bond acceptors (Lipinski definition) is 7. The molecule has 2 aliphatic rings. The highest BCUT2D eigenvalue weighted by atomic mass is 16.3. The van der Waals surface area contributed by atoms with Crippen LogP contribution in [0.4, 0.5) is 0 Å². The summed E-state index contributed by atoms with van der Waals surface area (Å²) in [5.41, 5.74) is 11.1.